The second kappa shape index (κ2) is 9.57. The maximum atomic E-state index is 12.9. The molecule has 0 saturated heterocycles. The molecule has 2 amide bonds. The molecule has 2 heterocycles. The van der Waals surface area contributed by atoms with Crippen LogP contribution in [0.4, 0.5) is 5.00 Å². The molecule has 0 spiro atoms. The molecule has 0 atom stereocenters. The second-order valence-electron chi connectivity index (χ2n) is 7.34. The highest BCUT2D eigenvalue weighted by atomic mass is 32.1. The number of nitrogens with one attached hydrogen (secondary N) is 2. The smallest absolute Gasteiger partial charge is 0.256 e. The van der Waals surface area contributed by atoms with Crippen molar-refractivity contribution in [1.29, 1.82) is 0 Å². The van der Waals surface area contributed by atoms with E-state index in [9.17, 15) is 9.59 Å². The number of carbonyl (C=O) groups excluding carboxylic acids is 2. The Morgan fingerprint density at radius 1 is 1.10 bits per heavy atom. The van der Waals surface area contributed by atoms with Gasteiger partial charge in [0.25, 0.3) is 11.8 Å². The summed E-state index contributed by atoms with van der Waals surface area (Å²) < 4.78 is 14.1. The summed E-state index contributed by atoms with van der Waals surface area (Å²) >= 11 is 2.68. The third-order valence-electron chi connectivity index (χ3n) is 5.20. The maximum Gasteiger partial charge on any atom is 0.256 e. The van der Waals surface area contributed by atoms with Gasteiger partial charge in [0, 0.05) is 17.0 Å². The Kier molecular flexibility index (Phi) is 6.62. The molecule has 7 nitrogen and oxygen atoms in total. The molecular weight excluding hydrogens is 432 g/mol. The lowest BCUT2D eigenvalue weighted by atomic mass is 9.95. The number of hydrogen-bond acceptors (Lipinski definition) is 7. The first-order chi connectivity index (χ1) is 15.1. The first-order valence-corrected chi connectivity index (χ1v) is 11.9. The van der Waals surface area contributed by atoms with E-state index in [-0.39, 0.29) is 11.8 Å². The fraction of sp³-hybridized carbons (Fsp3) is 0.364. The van der Waals surface area contributed by atoms with E-state index in [0.717, 1.165) is 54.4 Å². The van der Waals surface area contributed by atoms with E-state index in [0.29, 0.717) is 35.0 Å². The molecule has 4 rings (SSSR count). The molecule has 0 radical (unpaired) electrons. The molecule has 9 heteroatoms. The topological polar surface area (TPSA) is 93.2 Å². The van der Waals surface area contributed by atoms with Crippen molar-refractivity contribution in [2.75, 3.05) is 11.9 Å². The molecule has 1 aliphatic carbocycles. The van der Waals surface area contributed by atoms with Crippen LogP contribution in [0.5, 0.6) is 5.75 Å². The van der Waals surface area contributed by atoms with Crippen LogP contribution >= 0.6 is 23.1 Å². The van der Waals surface area contributed by atoms with Crippen molar-refractivity contribution in [3.8, 4) is 5.75 Å². The molecule has 3 aromatic rings. The zero-order valence-corrected chi connectivity index (χ0v) is 19.1. The van der Waals surface area contributed by atoms with Gasteiger partial charge >= 0.3 is 0 Å². The van der Waals surface area contributed by atoms with E-state index in [4.69, 9.17) is 4.74 Å². The van der Waals surface area contributed by atoms with Crippen molar-refractivity contribution in [3.05, 3.63) is 57.2 Å². The number of anilines is 1. The first-order valence-electron chi connectivity index (χ1n) is 10.3. The van der Waals surface area contributed by atoms with Crippen LogP contribution in [0.15, 0.2) is 24.3 Å². The van der Waals surface area contributed by atoms with Crippen LogP contribution in [0.1, 0.15) is 62.3 Å². The van der Waals surface area contributed by atoms with Crippen molar-refractivity contribution in [3.63, 3.8) is 0 Å². The Morgan fingerprint density at radius 3 is 2.58 bits per heavy atom. The Balaban J connectivity index is 1.47. The van der Waals surface area contributed by atoms with Crippen LogP contribution in [0, 0.1) is 6.92 Å². The van der Waals surface area contributed by atoms with E-state index >= 15 is 0 Å². The molecule has 31 heavy (non-hydrogen) atoms. The van der Waals surface area contributed by atoms with Gasteiger partial charge < -0.3 is 15.4 Å². The molecule has 2 N–H and O–H groups in total. The van der Waals surface area contributed by atoms with E-state index in [1.54, 1.807) is 24.3 Å². The molecule has 1 aromatic carbocycles. The predicted molar refractivity (Wildman–Crippen MR) is 122 cm³/mol. The van der Waals surface area contributed by atoms with Gasteiger partial charge in [-0.15, -0.1) is 11.3 Å². The summed E-state index contributed by atoms with van der Waals surface area (Å²) in [4.78, 5) is 26.7. The molecular formula is C22H24N4O3S2. The number of benzene rings is 1. The Bertz CT molecular complexity index is 1090. The number of hydrogen-bond donors (Lipinski definition) is 2. The zero-order chi connectivity index (χ0) is 21.8. The number of rotatable bonds is 7. The molecule has 0 unspecified atom stereocenters. The Morgan fingerprint density at radius 2 is 1.87 bits per heavy atom. The molecule has 2 aromatic heterocycles. The van der Waals surface area contributed by atoms with Crippen LogP contribution < -0.4 is 15.4 Å². The zero-order valence-electron chi connectivity index (χ0n) is 17.5. The number of carbonyl (C=O) groups is 2. The number of amides is 2. The van der Waals surface area contributed by atoms with Crippen molar-refractivity contribution < 1.29 is 14.3 Å². The normalized spacial score (nSPS) is 12.8. The number of nitrogens with zero attached hydrogens (tertiary/aromatic N) is 2. The van der Waals surface area contributed by atoms with Crippen LogP contribution in [0.25, 0.3) is 0 Å². The van der Waals surface area contributed by atoms with Gasteiger partial charge in [-0.1, -0.05) is 0 Å². The SMILES string of the molecule is CCNC(=O)c1c(NC(=O)c2ccc(OCc3nsnc3C)cc2)sc2c1CCCC2. The van der Waals surface area contributed by atoms with Crippen molar-refractivity contribution in [2.45, 2.75) is 46.1 Å². The summed E-state index contributed by atoms with van der Waals surface area (Å²) in [5.74, 6) is 0.293. The molecule has 0 bridgehead atoms. The summed E-state index contributed by atoms with van der Waals surface area (Å²) in [6.45, 7) is 4.68. The lowest BCUT2D eigenvalue weighted by Gasteiger charge is -2.13. The summed E-state index contributed by atoms with van der Waals surface area (Å²) in [6.07, 6.45) is 4.03. The lowest BCUT2D eigenvalue weighted by Crippen LogP contribution is -2.25. The number of aryl methyl sites for hydroxylation is 2. The van der Waals surface area contributed by atoms with E-state index in [2.05, 4.69) is 19.4 Å². The molecule has 0 saturated carbocycles. The number of fused-ring (bicyclic) bond motifs is 1. The summed E-state index contributed by atoms with van der Waals surface area (Å²) in [5.41, 5.74) is 3.90. The number of ether oxygens (including phenoxy) is 1. The van der Waals surface area contributed by atoms with Gasteiger partial charge in [0.15, 0.2) is 0 Å². The van der Waals surface area contributed by atoms with E-state index in [1.807, 2.05) is 13.8 Å². The molecule has 0 aliphatic heterocycles. The largest absolute Gasteiger partial charge is 0.487 e. The molecule has 162 valence electrons. The number of aromatic nitrogens is 2. The highest BCUT2D eigenvalue weighted by molar-refractivity contribution is 7.17. The molecule has 0 fully saturated rings. The third-order valence-corrected chi connectivity index (χ3v) is 7.07. The first kappa shape index (κ1) is 21.5. The maximum absolute atomic E-state index is 12.9. The minimum absolute atomic E-state index is 0.118. The van der Waals surface area contributed by atoms with Crippen LogP contribution in [-0.4, -0.2) is 27.1 Å². The minimum atomic E-state index is -0.241. The summed E-state index contributed by atoms with van der Waals surface area (Å²) in [5, 5.41) is 6.48. The highest BCUT2D eigenvalue weighted by Gasteiger charge is 2.26. The predicted octanol–water partition coefficient (Wildman–Crippen LogP) is 4.37. The monoisotopic (exact) mass is 456 g/mol. The summed E-state index contributed by atoms with van der Waals surface area (Å²) in [7, 11) is 0. The number of thiophene rings is 1. The van der Waals surface area contributed by atoms with Gasteiger partial charge in [-0.2, -0.15) is 8.75 Å². The Labute approximate surface area is 189 Å². The minimum Gasteiger partial charge on any atom is -0.487 e. The Hall–Kier alpha value is -2.78. The second-order valence-corrected chi connectivity index (χ2v) is 8.97. The quantitative estimate of drug-likeness (QED) is 0.551. The fourth-order valence-electron chi connectivity index (χ4n) is 3.55. The van der Waals surface area contributed by atoms with Gasteiger partial charge in [0.05, 0.1) is 23.0 Å². The third kappa shape index (κ3) is 4.77. The van der Waals surface area contributed by atoms with Gasteiger partial charge in [0.2, 0.25) is 0 Å². The average molecular weight is 457 g/mol. The van der Waals surface area contributed by atoms with E-state index < -0.39 is 0 Å². The van der Waals surface area contributed by atoms with Crippen LogP contribution in [0.2, 0.25) is 0 Å². The van der Waals surface area contributed by atoms with Gasteiger partial charge in [-0.05, 0) is 69.4 Å². The van der Waals surface area contributed by atoms with Crippen LogP contribution in [-0.2, 0) is 19.4 Å². The average Bonchev–Trinajstić information content (AvgIpc) is 3.35. The highest BCUT2D eigenvalue weighted by Crippen LogP contribution is 2.38. The van der Waals surface area contributed by atoms with Crippen molar-refractivity contribution in [2.24, 2.45) is 0 Å². The summed E-state index contributed by atoms with van der Waals surface area (Å²) in [6, 6.07) is 6.95. The van der Waals surface area contributed by atoms with Crippen molar-refractivity contribution in [1.82, 2.24) is 14.1 Å². The van der Waals surface area contributed by atoms with Gasteiger partial charge in [0.1, 0.15) is 23.1 Å². The van der Waals surface area contributed by atoms with Gasteiger partial charge in [-0.3, -0.25) is 9.59 Å². The van der Waals surface area contributed by atoms with E-state index in [1.165, 1.54) is 16.2 Å². The molecule has 1 aliphatic rings. The van der Waals surface area contributed by atoms with Crippen LogP contribution in [0.3, 0.4) is 0 Å². The fourth-order valence-corrected chi connectivity index (χ4v) is 5.39. The standard InChI is InChI=1S/C22H24N4O3S2/c1-3-23-21(28)19-16-6-4-5-7-18(16)30-22(19)24-20(27)14-8-10-15(11-9-14)29-12-17-13(2)25-31-26-17/h8-11H,3-7,12H2,1-2H3,(H,23,28)(H,24,27). The van der Waals surface area contributed by atoms with Gasteiger partial charge in [-0.25, -0.2) is 0 Å². The van der Waals surface area contributed by atoms with Crippen molar-refractivity contribution >= 4 is 39.9 Å². The lowest BCUT2D eigenvalue weighted by molar-refractivity contribution is 0.0956.